The fourth-order valence-corrected chi connectivity index (χ4v) is 2.47. The summed E-state index contributed by atoms with van der Waals surface area (Å²) in [6, 6.07) is 19.8. The average molecular weight is 277 g/mol. The minimum Gasteiger partial charge on any atom is -0.360 e. The summed E-state index contributed by atoms with van der Waals surface area (Å²) < 4.78 is 0. The van der Waals surface area contributed by atoms with Crippen LogP contribution in [0.1, 0.15) is 5.56 Å². The number of nitrogens with zero attached hydrogens (tertiary/aromatic N) is 2. The lowest BCUT2D eigenvalue weighted by Gasteiger charge is -2.35. The Labute approximate surface area is 123 Å². The van der Waals surface area contributed by atoms with E-state index in [4.69, 9.17) is 4.84 Å². The van der Waals surface area contributed by atoms with Crippen LogP contribution in [0.25, 0.3) is 5.57 Å². The molecule has 1 unspecified atom stereocenters. The van der Waals surface area contributed by atoms with Gasteiger partial charge in [0.1, 0.15) is 6.17 Å². The molecule has 2 aromatic rings. The predicted octanol–water partition coefficient (Wildman–Crippen LogP) is 3.41. The van der Waals surface area contributed by atoms with Crippen molar-refractivity contribution in [1.82, 2.24) is 0 Å². The molecular weight excluding hydrogens is 262 g/mol. The second kappa shape index (κ2) is 5.70. The number of benzene rings is 2. The van der Waals surface area contributed by atoms with Gasteiger partial charge in [-0.2, -0.15) is 5.26 Å². The topological polar surface area (TPSA) is 48.3 Å². The Bertz CT molecular complexity index is 703. The second-order valence-electron chi connectivity index (χ2n) is 4.67. The largest absolute Gasteiger partial charge is 0.360 e. The Morgan fingerprint density at radius 3 is 2.52 bits per heavy atom. The summed E-state index contributed by atoms with van der Waals surface area (Å²) in [5, 5.41) is 14.5. The predicted molar refractivity (Wildman–Crippen MR) is 83.4 cm³/mol. The van der Waals surface area contributed by atoms with Crippen molar-refractivity contribution in [3.05, 3.63) is 66.2 Å². The van der Waals surface area contributed by atoms with Crippen molar-refractivity contribution in [3.63, 3.8) is 0 Å². The van der Waals surface area contributed by atoms with Crippen LogP contribution in [0.15, 0.2) is 60.7 Å². The van der Waals surface area contributed by atoms with Gasteiger partial charge in [0.25, 0.3) is 0 Å². The molecule has 21 heavy (non-hydrogen) atoms. The smallest absolute Gasteiger partial charge is 0.145 e. The van der Waals surface area contributed by atoms with Crippen molar-refractivity contribution in [2.45, 2.75) is 6.17 Å². The number of hydrogen-bond donors (Lipinski definition) is 1. The zero-order chi connectivity index (χ0) is 14.7. The van der Waals surface area contributed by atoms with Crippen LogP contribution in [0.5, 0.6) is 0 Å². The number of hydrogen-bond acceptors (Lipinski definition) is 4. The van der Waals surface area contributed by atoms with E-state index in [1.165, 1.54) is 0 Å². The van der Waals surface area contributed by atoms with E-state index in [2.05, 4.69) is 11.4 Å². The van der Waals surface area contributed by atoms with Gasteiger partial charge in [0, 0.05) is 11.3 Å². The quantitative estimate of drug-likeness (QED) is 0.934. The maximum Gasteiger partial charge on any atom is 0.145 e. The van der Waals surface area contributed by atoms with E-state index >= 15 is 0 Å². The van der Waals surface area contributed by atoms with Gasteiger partial charge in [-0.3, -0.25) is 4.84 Å². The Balaban J connectivity index is 2.00. The van der Waals surface area contributed by atoms with Crippen molar-refractivity contribution in [2.24, 2.45) is 0 Å². The van der Waals surface area contributed by atoms with Gasteiger partial charge in [-0.15, -0.1) is 0 Å². The Morgan fingerprint density at radius 2 is 1.81 bits per heavy atom. The van der Waals surface area contributed by atoms with Crippen molar-refractivity contribution in [2.75, 3.05) is 17.5 Å². The lowest BCUT2D eigenvalue weighted by molar-refractivity contribution is 0.156. The van der Waals surface area contributed by atoms with Gasteiger partial charge in [-0.1, -0.05) is 36.4 Å². The van der Waals surface area contributed by atoms with E-state index in [-0.39, 0.29) is 6.17 Å². The van der Waals surface area contributed by atoms with Crippen LogP contribution in [0.2, 0.25) is 0 Å². The van der Waals surface area contributed by atoms with Crippen LogP contribution in [-0.4, -0.2) is 13.3 Å². The molecule has 1 N–H and O–H groups in total. The van der Waals surface area contributed by atoms with Gasteiger partial charge in [-0.05, 0) is 24.3 Å². The molecule has 3 rings (SSSR count). The third-order valence-electron chi connectivity index (χ3n) is 3.41. The molecule has 4 heteroatoms. The zero-order valence-electron chi connectivity index (χ0n) is 11.7. The first-order chi connectivity index (χ1) is 10.3. The average Bonchev–Trinajstić information content (AvgIpc) is 2.55. The van der Waals surface area contributed by atoms with Crippen LogP contribution in [0, 0.1) is 11.3 Å². The number of nitrogens with one attached hydrogen (secondary N) is 1. The van der Waals surface area contributed by atoms with Crippen LogP contribution < -0.4 is 10.4 Å². The van der Waals surface area contributed by atoms with Crippen LogP contribution in [0.3, 0.4) is 0 Å². The molecule has 0 fully saturated rings. The fraction of sp³-hybridized carbons (Fsp3) is 0.118. The highest BCUT2D eigenvalue weighted by Gasteiger charge is 2.26. The molecule has 0 spiro atoms. The first-order valence-electron chi connectivity index (χ1n) is 6.69. The van der Waals surface area contributed by atoms with Gasteiger partial charge in [0.2, 0.25) is 0 Å². The van der Waals surface area contributed by atoms with Crippen molar-refractivity contribution >= 4 is 16.9 Å². The van der Waals surface area contributed by atoms with Crippen LogP contribution >= 0.6 is 0 Å². The molecule has 1 heterocycles. The number of rotatable bonds is 3. The maximum atomic E-state index is 9.38. The Morgan fingerprint density at radius 1 is 1.10 bits per heavy atom. The summed E-state index contributed by atoms with van der Waals surface area (Å²) in [4.78, 5) is 5.51. The van der Waals surface area contributed by atoms with Crippen molar-refractivity contribution < 1.29 is 4.84 Å². The first kappa shape index (κ1) is 13.2. The van der Waals surface area contributed by atoms with E-state index in [9.17, 15) is 5.26 Å². The third-order valence-corrected chi connectivity index (χ3v) is 3.41. The molecule has 0 aromatic heterocycles. The van der Waals surface area contributed by atoms with Crippen LogP contribution in [0.4, 0.5) is 11.4 Å². The zero-order valence-corrected chi connectivity index (χ0v) is 11.7. The van der Waals surface area contributed by atoms with Crippen LogP contribution in [-0.2, 0) is 4.84 Å². The summed E-state index contributed by atoms with van der Waals surface area (Å²) in [5.41, 5.74) is 3.38. The van der Waals surface area contributed by atoms with Gasteiger partial charge >= 0.3 is 0 Å². The normalized spacial score (nSPS) is 16.7. The first-order valence-corrected chi connectivity index (χ1v) is 6.69. The van der Waals surface area contributed by atoms with Gasteiger partial charge < -0.3 is 5.32 Å². The molecule has 0 aliphatic carbocycles. The van der Waals surface area contributed by atoms with E-state index in [0.717, 1.165) is 16.9 Å². The van der Waals surface area contributed by atoms with E-state index < -0.39 is 0 Å². The monoisotopic (exact) mass is 277 g/mol. The van der Waals surface area contributed by atoms with Gasteiger partial charge in [0.15, 0.2) is 0 Å². The highest BCUT2D eigenvalue weighted by Crippen LogP contribution is 2.34. The molecule has 1 atom stereocenters. The molecule has 1 aliphatic heterocycles. The molecule has 104 valence electrons. The number of fused-ring (bicyclic) bond motifs is 1. The number of allylic oxidation sites excluding steroid dienone is 1. The molecule has 0 saturated heterocycles. The molecule has 4 nitrogen and oxygen atoms in total. The van der Waals surface area contributed by atoms with E-state index in [1.54, 1.807) is 12.2 Å². The summed E-state index contributed by atoms with van der Waals surface area (Å²) in [5.74, 6) is 0. The lowest BCUT2D eigenvalue weighted by Crippen LogP contribution is -2.41. The minimum absolute atomic E-state index is 0.234. The van der Waals surface area contributed by atoms with Gasteiger partial charge in [-0.25, -0.2) is 5.06 Å². The van der Waals surface area contributed by atoms with Crippen molar-refractivity contribution in [3.8, 4) is 6.07 Å². The summed E-state index contributed by atoms with van der Waals surface area (Å²) >= 11 is 0. The number of nitriles is 1. The number of para-hydroxylation sites is 2. The lowest BCUT2D eigenvalue weighted by atomic mass is 10.00. The maximum absolute atomic E-state index is 9.38. The Kier molecular flexibility index (Phi) is 3.59. The van der Waals surface area contributed by atoms with Crippen molar-refractivity contribution in [1.29, 1.82) is 5.26 Å². The third kappa shape index (κ3) is 2.47. The molecular formula is C17H15N3O. The molecule has 1 aliphatic rings. The number of hydroxylamine groups is 1. The highest BCUT2D eigenvalue weighted by molar-refractivity contribution is 5.87. The fourth-order valence-electron chi connectivity index (χ4n) is 2.47. The standard InChI is InChI=1S/C17H15N3O/c1-21-20-16-10-6-5-9-15(16)13(12-18)11-17(20)19-14-7-3-2-4-8-14/h2-11,17,19H,1H3. The SMILES string of the molecule is CON1c2ccccc2C(C#N)=CC1Nc1ccccc1. The molecule has 0 radical (unpaired) electrons. The molecule has 2 aromatic carbocycles. The summed E-state index contributed by atoms with van der Waals surface area (Å²) in [6.07, 6.45) is 1.64. The summed E-state index contributed by atoms with van der Waals surface area (Å²) in [7, 11) is 1.63. The Hall–Kier alpha value is -2.77. The highest BCUT2D eigenvalue weighted by atomic mass is 16.7. The minimum atomic E-state index is -0.234. The van der Waals surface area contributed by atoms with E-state index in [1.807, 2.05) is 60.7 Å². The number of anilines is 2. The van der Waals surface area contributed by atoms with E-state index in [0.29, 0.717) is 5.57 Å². The summed E-state index contributed by atoms with van der Waals surface area (Å²) in [6.45, 7) is 0. The molecule has 0 bridgehead atoms. The second-order valence-corrected chi connectivity index (χ2v) is 4.67. The molecule has 0 saturated carbocycles. The molecule has 0 amide bonds. The van der Waals surface area contributed by atoms with Gasteiger partial charge in [0.05, 0.1) is 24.4 Å².